The van der Waals surface area contributed by atoms with Gasteiger partial charge in [0.15, 0.2) is 0 Å². The molecule has 2 aliphatic heterocycles. The van der Waals surface area contributed by atoms with Gasteiger partial charge in [0, 0.05) is 19.1 Å². The zero-order chi connectivity index (χ0) is 11.6. The Morgan fingerprint density at radius 2 is 2.38 bits per heavy atom. The molecule has 0 spiro atoms. The average Bonchev–Trinajstić information content (AvgIpc) is 2.87. The molecule has 0 aromatic rings. The van der Waals surface area contributed by atoms with Gasteiger partial charge in [-0.05, 0) is 39.2 Å². The van der Waals surface area contributed by atoms with Gasteiger partial charge in [-0.1, -0.05) is 13.3 Å². The van der Waals surface area contributed by atoms with Crippen molar-refractivity contribution >= 4 is 5.91 Å². The first-order valence-corrected chi connectivity index (χ1v) is 6.71. The van der Waals surface area contributed by atoms with Gasteiger partial charge in [0.25, 0.3) is 0 Å². The van der Waals surface area contributed by atoms with Crippen LogP contribution in [-0.4, -0.2) is 36.5 Å². The molecule has 3 heteroatoms. The number of likely N-dealkylation sites (tertiary alicyclic amines) is 1. The molecule has 2 aliphatic rings. The summed E-state index contributed by atoms with van der Waals surface area (Å²) in [6.45, 7) is 7.25. The summed E-state index contributed by atoms with van der Waals surface area (Å²) in [5, 5.41) is 3.37. The Balaban J connectivity index is 2.10. The van der Waals surface area contributed by atoms with E-state index in [9.17, 15) is 4.79 Å². The van der Waals surface area contributed by atoms with Crippen molar-refractivity contribution in [2.24, 2.45) is 5.41 Å². The lowest BCUT2D eigenvalue weighted by atomic mass is 9.81. The van der Waals surface area contributed by atoms with Gasteiger partial charge >= 0.3 is 0 Å². The molecule has 0 aliphatic carbocycles. The van der Waals surface area contributed by atoms with E-state index in [1.807, 2.05) is 0 Å². The molecule has 2 fully saturated rings. The third-order valence-electron chi connectivity index (χ3n) is 4.24. The fourth-order valence-corrected chi connectivity index (χ4v) is 3.26. The van der Waals surface area contributed by atoms with Crippen molar-refractivity contribution < 1.29 is 4.79 Å². The SMILES string of the molecule is CCCC1(C(=O)N2CCCC2C)CCNC1. The van der Waals surface area contributed by atoms with E-state index in [2.05, 4.69) is 24.1 Å². The molecule has 2 rings (SSSR count). The summed E-state index contributed by atoms with van der Waals surface area (Å²) in [6, 6.07) is 0.460. The van der Waals surface area contributed by atoms with Crippen molar-refractivity contribution in [1.82, 2.24) is 10.2 Å². The molecule has 0 radical (unpaired) electrons. The lowest BCUT2D eigenvalue weighted by Gasteiger charge is -2.33. The molecule has 2 saturated heterocycles. The summed E-state index contributed by atoms with van der Waals surface area (Å²) in [5.41, 5.74) is -0.0760. The highest BCUT2D eigenvalue weighted by atomic mass is 16.2. The summed E-state index contributed by atoms with van der Waals surface area (Å²) in [4.78, 5) is 14.8. The number of hydrogen-bond acceptors (Lipinski definition) is 2. The minimum atomic E-state index is -0.0760. The van der Waals surface area contributed by atoms with Gasteiger partial charge < -0.3 is 10.2 Å². The number of rotatable bonds is 3. The molecule has 3 nitrogen and oxygen atoms in total. The van der Waals surface area contributed by atoms with E-state index in [0.29, 0.717) is 11.9 Å². The van der Waals surface area contributed by atoms with Gasteiger partial charge in [0.2, 0.25) is 5.91 Å². The zero-order valence-corrected chi connectivity index (χ0v) is 10.6. The van der Waals surface area contributed by atoms with E-state index in [-0.39, 0.29) is 5.41 Å². The van der Waals surface area contributed by atoms with Crippen LogP contribution in [0.4, 0.5) is 0 Å². The van der Waals surface area contributed by atoms with Crippen LogP contribution in [0, 0.1) is 5.41 Å². The third kappa shape index (κ3) is 1.97. The van der Waals surface area contributed by atoms with Gasteiger partial charge in [-0.15, -0.1) is 0 Å². The number of nitrogens with one attached hydrogen (secondary N) is 1. The Hall–Kier alpha value is -0.570. The second kappa shape index (κ2) is 4.74. The van der Waals surface area contributed by atoms with Crippen molar-refractivity contribution in [3.05, 3.63) is 0 Å². The van der Waals surface area contributed by atoms with Gasteiger partial charge in [-0.3, -0.25) is 4.79 Å². The van der Waals surface area contributed by atoms with Crippen molar-refractivity contribution in [2.45, 2.75) is 52.0 Å². The van der Waals surface area contributed by atoms with E-state index in [1.54, 1.807) is 0 Å². The summed E-state index contributed by atoms with van der Waals surface area (Å²) >= 11 is 0. The smallest absolute Gasteiger partial charge is 0.230 e. The lowest BCUT2D eigenvalue weighted by Crippen LogP contribution is -2.46. The monoisotopic (exact) mass is 224 g/mol. The minimum absolute atomic E-state index is 0.0760. The number of carbonyl (C=O) groups is 1. The summed E-state index contributed by atoms with van der Waals surface area (Å²) < 4.78 is 0. The van der Waals surface area contributed by atoms with Crippen LogP contribution < -0.4 is 5.32 Å². The first kappa shape index (κ1) is 11.9. The molecule has 0 bridgehead atoms. The standard InChI is InChI=1S/C13H24N2O/c1-3-6-13(7-8-14-10-13)12(16)15-9-4-5-11(15)2/h11,14H,3-10H2,1-2H3. The largest absolute Gasteiger partial charge is 0.339 e. The van der Waals surface area contributed by atoms with Crippen molar-refractivity contribution in [2.75, 3.05) is 19.6 Å². The molecule has 0 aromatic carbocycles. The van der Waals surface area contributed by atoms with Gasteiger partial charge in [0.05, 0.1) is 5.41 Å². The Morgan fingerprint density at radius 1 is 1.56 bits per heavy atom. The van der Waals surface area contributed by atoms with Crippen LogP contribution in [0.5, 0.6) is 0 Å². The first-order chi connectivity index (χ1) is 7.69. The normalized spacial score (nSPS) is 34.6. The lowest BCUT2D eigenvalue weighted by molar-refractivity contribution is -0.142. The van der Waals surface area contributed by atoms with Crippen molar-refractivity contribution in [3.63, 3.8) is 0 Å². The van der Waals surface area contributed by atoms with E-state index < -0.39 is 0 Å². The van der Waals surface area contributed by atoms with Gasteiger partial charge in [-0.25, -0.2) is 0 Å². The van der Waals surface area contributed by atoms with E-state index in [1.165, 1.54) is 12.8 Å². The predicted octanol–water partition coefficient (Wildman–Crippen LogP) is 1.78. The Bertz CT molecular complexity index is 259. The summed E-state index contributed by atoms with van der Waals surface area (Å²) in [6.07, 6.45) is 5.55. The molecule has 16 heavy (non-hydrogen) atoms. The Kier molecular flexibility index (Phi) is 3.53. The van der Waals surface area contributed by atoms with Crippen LogP contribution in [0.15, 0.2) is 0 Å². The second-order valence-corrected chi connectivity index (χ2v) is 5.45. The highest BCUT2D eigenvalue weighted by Crippen LogP contribution is 2.35. The average molecular weight is 224 g/mol. The van der Waals surface area contributed by atoms with E-state index in [4.69, 9.17) is 0 Å². The number of hydrogen-bond donors (Lipinski definition) is 1. The van der Waals surface area contributed by atoms with Crippen LogP contribution >= 0.6 is 0 Å². The quantitative estimate of drug-likeness (QED) is 0.792. The van der Waals surface area contributed by atoms with Crippen LogP contribution in [0.3, 0.4) is 0 Å². The van der Waals surface area contributed by atoms with Crippen LogP contribution in [0.25, 0.3) is 0 Å². The minimum Gasteiger partial charge on any atom is -0.339 e. The molecule has 1 N–H and O–H groups in total. The molecule has 2 heterocycles. The molecule has 2 unspecified atom stereocenters. The summed E-state index contributed by atoms with van der Waals surface area (Å²) in [7, 11) is 0. The second-order valence-electron chi connectivity index (χ2n) is 5.45. The Labute approximate surface area is 98.6 Å². The molecule has 92 valence electrons. The van der Waals surface area contributed by atoms with E-state index >= 15 is 0 Å². The topological polar surface area (TPSA) is 32.3 Å². The number of amides is 1. The summed E-state index contributed by atoms with van der Waals surface area (Å²) in [5.74, 6) is 0.421. The number of nitrogens with zero attached hydrogens (tertiary/aromatic N) is 1. The maximum atomic E-state index is 12.7. The van der Waals surface area contributed by atoms with Crippen LogP contribution in [0.1, 0.15) is 46.0 Å². The molecular formula is C13H24N2O. The van der Waals surface area contributed by atoms with E-state index in [0.717, 1.165) is 38.9 Å². The predicted molar refractivity (Wildman–Crippen MR) is 65.2 cm³/mol. The zero-order valence-electron chi connectivity index (χ0n) is 10.6. The fourth-order valence-electron chi connectivity index (χ4n) is 3.26. The molecule has 0 aromatic heterocycles. The molecular weight excluding hydrogens is 200 g/mol. The van der Waals surface area contributed by atoms with Crippen molar-refractivity contribution in [1.29, 1.82) is 0 Å². The Morgan fingerprint density at radius 3 is 2.88 bits per heavy atom. The third-order valence-corrected chi connectivity index (χ3v) is 4.24. The van der Waals surface area contributed by atoms with Crippen LogP contribution in [-0.2, 0) is 4.79 Å². The number of carbonyl (C=O) groups excluding carboxylic acids is 1. The molecule has 2 atom stereocenters. The molecule has 1 amide bonds. The maximum Gasteiger partial charge on any atom is 0.230 e. The first-order valence-electron chi connectivity index (χ1n) is 6.71. The molecule has 0 saturated carbocycles. The fraction of sp³-hybridized carbons (Fsp3) is 0.923. The highest BCUT2D eigenvalue weighted by Gasteiger charge is 2.44. The van der Waals surface area contributed by atoms with Gasteiger partial charge in [-0.2, -0.15) is 0 Å². The van der Waals surface area contributed by atoms with Crippen molar-refractivity contribution in [3.8, 4) is 0 Å². The van der Waals surface area contributed by atoms with Gasteiger partial charge in [0.1, 0.15) is 0 Å². The maximum absolute atomic E-state index is 12.7. The highest BCUT2D eigenvalue weighted by molar-refractivity contribution is 5.84. The van der Waals surface area contributed by atoms with Crippen LogP contribution in [0.2, 0.25) is 0 Å².